The first-order chi connectivity index (χ1) is 9.54. The van der Waals surface area contributed by atoms with Crippen LogP contribution >= 0.6 is 15.9 Å². The van der Waals surface area contributed by atoms with E-state index in [1.165, 1.54) is 25.9 Å². The van der Waals surface area contributed by atoms with Gasteiger partial charge in [-0.2, -0.15) is 0 Å². The minimum absolute atomic E-state index is 0.402. The van der Waals surface area contributed by atoms with Crippen molar-refractivity contribution in [2.75, 3.05) is 33.8 Å². The summed E-state index contributed by atoms with van der Waals surface area (Å²) in [6, 6.07) is 0. The molecule has 0 radical (unpaired) electrons. The molecule has 20 heavy (non-hydrogen) atoms. The van der Waals surface area contributed by atoms with Crippen LogP contribution in [0.5, 0.6) is 5.75 Å². The molecule has 0 unspecified atom stereocenters. The summed E-state index contributed by atoms with van der Waals surface area (Å²) in [7, 11) is 3.89. The third-order valence-corrected chi connectivity index (χ3v) is 4.92. The average molecular weight is 342 g/mol. The second-order valence-corrected chi connectivity index (χ2v) is 6.87. The van der Waals surface area contributed by atoms with Gasteiger partial charge in [0.05, 0.1) is 13.3 Å². The normalized spacial score (nSPS) is 19.0. The maximum absolute atomic E-state index is 5.37. The molecule has 1 aliphatic rings. The number of nitrogens with one attached hydrogen (secondary N) is 1. The lowest BCUT2D eigenvalue weighted by atomic mass is 9.80. The SMILES string of the molecule is COc1cncc(Br)c1CNCC1(C)CCN(C)CC1. The van der Waals surface area contributed by atoms with Crippen molar-refractivity contribution in [3.63, 3.8) is 0 Å². The van der Waals surface area contributed by atoms with Gasteiger partial charge in [0.15, 0.2) is 0 Å². The third kappa shape index (κ3) is 3.93. The summed E-state index contributed by atoms with van der Waals surface area (Å²) in [4.78, 5) is 6.54. The molecule has 1 N–H and O–H groups in total. The number of nitrogens with zero attached hydrogens (tertiary/aromatic N) is 2. The molecule has 112 valence electrons. The quantitative estimate of drug-likeness (QED) is 0.893. The van der Waals surface area contributed by atoms with Gasteiger partial charge in [-0.15, -0.1) is 0 Å². The minimum Gasteiger partial charge on any atom is -0.495 e. The number of halogens is 1. The Morgan fingerprint density at radius 2 is 2.10 bits per heavy atom. The lowest BCUT2D eigenvalue weighted by Gasteiger charge is -2.38. The summed E-state index contributed by atoms with van der Waals surface area (Å²) >= 11 is 3.55. The predicted molar refractivity (Wildman–Crippen MR) is 85.0 cm³/mol. The first kappa shape index (κ1) is 15.7. The zero-order valence-corrected chi connectivity index (χ0v) is 14.2. The summed E-state index contributed by atoms with van der Waals surface area (Å²) in [6.45, 7) is 6.61. The molecule has 1 aromatic rings. The van der Waals surface area contributed by atoms with Crippen LogP contribution in [0.15, 0.2) is 16.9 Å². The first-order valence-corrected chi connectivity index (χ1v) is 7.89. The summed E-state index contributed by atoms with van der Waals surface area (Å²) in [5.41, 5.74) is 1.54. The van der Waals surface area contributed by atoms with Gasteiger partial charge in [0.2, 0.25) is 0 Å². The van der Waals surface area contributed by atoms with E-state index in [2.05, 4.69) is 45.1 Å². The van der Waals surface area contributed by atoms with Crippen LogP contribution in [0, 0.1) is 5.41 Å². The highest BCUT2D eigenvalue weighted by Gasteiger charge is 2.28. The maximum atomic E-state index is 5.37. The van der Waals surface area contributed by atoms with Crippen molar-refractivity contribution in [2.45, 2.75) is 26.3 Å². The Bertz CT molecular complexity index is 445. The Balaban J connectivity index is 1.90. The van der Waals surface area contributed by atoms with Gasteiger partial charge in [0.1, 0.15) is 5.75 Å². The van der Waals surface area contributed by atoms with Crippen LogP contribution < -0.4 is 10.1 Å². The highest BCUT2D eigenvalue weighted by molar-refractivity contribution is 9.10. The zero-order chi connectivity index (χ0) is 14.6. The Morgan fingerprint density at radius 3 is 2.75 bits per heavy atom. The number of pyridine rings is 1. The standard InChI is InChI=1S/C15H24BrN3O/c1-15(4-6-19(2)7-5-15)11-18-8-12-13(16)9-17-10-14(12)20-3/h9-10,18H,4-8,11H2,1-3H3. The number of piperidine rings is 1. The second-order valence-electron chi connectivity index (χ2n) is 6.02. The molecule has 0 saturated carbocycles. The summed E-state index contributed by atoms with van der Waals surface area (Å²) in [5.74, 6) is 0.834. The molecule has 0 spiro atoms. The largest absolute Gasteiger partial charge is 0.495 e. The monoisotopic (exact) mass is 341 g/mol. The average Bonchev–Trinajstić information content (AvgIpc) is 2.44. The minimum atomic E-state index is 0.402. The molecule has 1 aromatic heterocycles. The van der Waals surface area contributed by atoms with Crippen LogP contribution in [0.25, 0.3) is 0 Å². The summed E-state index contributed by atoms with van der Waals surface area (Å²) in [6.07, 6.45) is 6.09. The van der Waals surface area contributed by atoms with Crippen LogP contribution in [0.1, 0.15) is 25.3 Å². The van der Waals surface area contributed by atoms with Gasteiger partial charge < -0.3 is 15.0 Å². The Labute approximate surface area is 130 Å². The van der Waals surface area contributed by atoms with E-state index in [1.54, 1.807) is 13.3 Å². The van der Waals surface area contributed by atoms with Crippen molar-refractivity contribution >= 4 is 15.9 Å². The van der Waals surface area contributed by atoms with Crippen LogP contribution in [-0.4, -0.2) is 43.7 Å². The van der Waals surface area contributed by atoms with E-state index in [-0.39, 0.29) is 0 Å². The van der Waals surface area contributed by atoms with Crippen molar-refractivity contribution < 1.29 is 4.74 Å². The molecule has 1 fully saturated rings. The topological polar surface area (TPSA) is 37.4 Å². The smallest absolute Gasteiger partial charge is 0.142 e. The Hall–Kier alpha value is -0.650. The van der Waals surface area contributed by atoms with E-state index in [4.69, 9.17) is 4.74 Å². The van der Waals surface area contributed by atoms with Gasteiger partial charge in [-0.1, -0.05) is 6.92 Å². The highest BCUT2D eigenvalue weighted by Crippen LogP contribution is 2.30. The Kier molecular flexibility index (Phi) is 5.41. The lowest BCUT2D eigenvalue weighted by Crippen LogP contribution is -2.41. The van der Waals surface area contributed by atoms with Crippen LogP contribution in [0.2, 0.25) is 0 Å². The van der Waals surface area contributed by atoms with Crippen LogP contribution in [-0.2, 0) is 6.54 Å². The number of hydrogen-bond acceptors (Lipinski definition) is 4. The van der Waals surface area contributed by atoms with Crippen molar-refractivity contribution in [1.82, 2.24) is 15.2 Å². The van der Waals surface area contributed by atoms with Crippen molar-refractivity contribution in [1.29, 1.82) is 0 Å². The van der Waals surface area contributed by atoms with Crippen LogP contribution in [0.3, 0.4) is 0 Å². The van der Waals surface area contributed by atoms with E-state index in [0.717, 1.165) is 28.9 Å². The fourth-order valence-electron chi connectivity index (χ4n) is 2.62. The van der Waals surface area contributed by atoms with Crippen LogP contribution in [0.4, 0.5) is 0 Å². The molecular formula is C15H24BrN3O. The van der Waals surface area contributed by atoms with Gasteiger partial charge in [0.25, 0.3) is 0 Å². The maximum Gasteiger partial charge on any atom is 0.142 e. The molecule has 0 bridgehead atoms. The molecule has 2 rings (SSSR count). The molecular weight excluding hydrogens is 318 g/mol. The molecule has 5 heteroatoms. The van der Waals surface area contributed by atoms with E-state index in [0.29, 0.717) is 5.41 Å². The predicted octanol–water partition coefficient (Wildman–Crippen LogP) is 2.67. The second kappa shape index (κ2) is 6.87. The van der Waals surface area contributed by atoms with Gasteiger partial charge in [-0.25, -0.2) is 0 Å². The highest BCUT2D eigenvalue weighted by atomic mass is 79.9. The summed E-state index contributed by atoms with van der Waals surface area (Å²) < 4.78 is 6.37. The van der Waals surface area contributed by atoms with E-state index < -0.39 is 0 Å². The number of likely N-dealkylation sites (tertiary alicyclic amines) is 1. The van der Waals surface area contributed by atoms with E-state index >= 15 is 0 Å². The van der Waals surface area contributed by atoms with Gasteiger partial charge in [-0.3, -0.25) is 4.98 Å². The molecule has 1 saturated heterocycles. The zero-order valence-electron chi connectivity index (χ0n) is 12.6. The third-order valence-electron chi connectivity index (χ3n) is 4.23. The molecule has 0 aromatic carbocycles. The fraction of sp³-hybridized carbons (Fsp3) is 0.667. The van der Waals surface area contributed by atoms with Crippen molar-refractivity contribution in [3.05, 3.63) is 22.4 Å². The number of methoxy groups -OCH3 is 1. The van der Waals surface area contributed by atoms with Crippen molar-refractivity contribution in [3.8, 4) is 5.75 Å². The number of hydrogen-bond donors (Lipinski definition) is 1. The molecule has 0 aliphatic carbocycles. The van der Waals surface area contributed by atoms with Gasteiger partial charge in [-0.05, 0) is 54.3 Å². The fourth-order valence-corrected chi connectivity index (χ4v) is 3.07. The molecule has 4 nitrogen and oxygen atoms in total. The molecule has 0 amide bonds. The lowest BCUT2D eigenvalue weighted by molar-refractivity contribution is 0.136. The Morgan fingerprint density at radius 1 is 1.40 bits per heavy atom. The van der Waals surface area contributed by atoms with Crippen molar-refractivity contribution in [2.24, 2.45) is 5.41 Å². The van der Waals surface area contributed by atoms with E-state index in [1.807, 2.05) is 6.20 Å². The molecule has 2 heterocycles. The van der Waals surface area contributed by atoms with Gasteiger partial charge in [0, 0.05) is 29.3 Å². The first-order valence-electron chi connectivity index (χ1n) is 7.10. The number of rotatable bonds is 5. The number of ether oxygens (including phenoxy) is 1. The summed E-state index contributed by atoms with van der Waals surface area (Å²) in [5, 5.41) is 3.59. The van der Waals surface area contributed by atoms with Gasteiger partial charge >= 0.3 is 0 Å². The van der Waals surface area contributed by atoms with E-state index in [9.17, 15) is 0 Å². The molecule has 1 aliphatic heterocycles. The molecule has 0 atom stereocenters. The number of aromatic nitrogens is 1.